The van der Waals surface area contributed by atoms with Crippen molar-refractivity contribution < 1.29 is 9.59 Å². The molecule has 2 aromatic rings. The molecule has 4 rings (SSSR count). The summed E-state index contributed by atoms with van der Waals surface area (Å²) >= 11 is 0. The largest absolute Gasteiger partial charge is 0.330 e. The maximum Gasteiger partial charge on any atom is 0.330 e. The van der Waals surface area contributed by atoms with Crippen LogP contribution in [0.1, 0.15) is 17.0 Å². The Bertz CT molecular complexity index is 945. The lowest BCUT2D eigenvalue weighted by Gasteiger charge is -2.34. The Labute approximate surface area is 151 Å². The molecule has 134 valence electrons. The van der Waals surface area contributed by atoms with Crippen LogP contribution in [0.3, 0.4) is 0 Å². The molecule has 2 aliphatic rings. The molecule has 3 heterocycles. The first-order valence-electron chi connectivity index (χ1n) is 8.50. The monoisotopic (exact) mass is 352 g/mol. The van der Waals surface area contributed by atoms with Gasteiger partial charge >= 0.3 is 6.03 Å². The molecule has 2 aliphatic heterocycles. The highest BCUT2D eigenvalue weighted by atomic mass is 16.2. The van der Waals surface area contributed by atoms with Gasteiger partial charge < -0.3 is 5.32 Å². The number of nitrogens with zero attached hydrogens (tertiary/aromatic N) is 5. The minimum atomic E-state index is -0.257. The quantitative estimate of drug-likeness (QED) is 0.912. The van der Waals surface area contributed by atoms with E-state index in [4.69, 9.17) is 0 Å². The van der Waals surface area contributed by atoms with Crippen LogP contribution < -0.4 is 10.2 Å². The van der Waals surface area contributed by atoms with E-state index in [0.29, 0.717) is 30.3 Å². The van der Waals surface area contributed by atoms with Gasteiger partial charge in [-0.25, -0.2) is 4.79 Å². The Hall–Kier alpha value is -3.16. The van der Waals surface area contributed by atoms with Crippen molar-refractivity contribution >= 4 is 29.1 Å². The molecular formula is C18H20N6O2. The van der Waals surface area contributed by atoms with E-state index in [1.54, 1.807) is 9.58 Å². The van der Waals surface area contributed by atoms with Crippen LogP contribution >= 0.6 is 0 Å². The van der Waals surface area contributed by atoms with Gasteiger partial charge in [0.15, 0.2) is 0 Å². The van der Waals surface area contributed by atoms with Gasteiger partial charge in [0.1, 0.15) is 12.4 Å². The zero-order chi connectivity index (χ0) is 18.4. The van der Waals surface area contributed by atoms with Crippen LogP contribution in [0.25, 0.3) is 0 Å². The lowest BCUT2D eigenvalue weighted by Crippen LogP contribution is -2.52. The van der Waals surface area contributed by atoms with E-state index in [2.05, 4.69) is 15.4 Å². The number of carbonyl (C=O) groups is 2. The van der Waals surface area contributed by atoms with Crippen molar-refractivity contribution in [3.8, 4) is 0 Å². The zero-order valence-corrected chi connectivity index (χ0v) is 15.0. The summed E-state index contributed by atoms with van der Waals surface area (Å²) in [6.45, 7) is 4.80. The molecule has 0 saturated heterocycles. The number of hydrogen-bond donors (Lipinski definition) is 1. The Morgan fingerprint density at radius 1 is 1.27 bits per heavy atom. The normalized spacial score (nSPS) is 15.7. The molecule has 8 nitrogen and oxygen atoms in total. The Morgan fingerprint density at radius 2 is 2.04 bits per heavy atom. The molecule has 0 unspecified atom stereocenters. The second-order valence-electron chi connectivity index (χ2n) is 6.46. The van der Waals surface area contributed by atoms with E-state index in [-0.39, 0.29) is 18.5 Å². The summed E-state index contributed by atoms with van der Waals surface area (Å²) in [7, 11) is 1.83. The summed E-state index contributed by atoms with van der Waals surface area (Å²) in [5.41, 5.74) is 3.90. The van der Waals surface area contributed by atoms with Crippen LogP contribution in [0.2, 0.25) is 0 Å². The van der Waals surface area contributed by atoms with Crippen molar-refractivity contribution in [2.45, 2.75) is 13.8 Å². The molecule has 0 aliphatic carbocycles. The van der Waals surface area contributed by atoms with Gasteiger partial charge in [0.05, 0.1) is 29.3 Å². The molecule has 0 fully saturated rings. The highest BCUT2D eigenvalue weighted by Crippen LogP contribution is 2.30. The fourth-order valence-corrected chi connectivity index (χ4v) is 3.44. The first-order chi connectivity index (χ1) is 12.5. The lowest BCUT2D eigenvalue weighted by molar-refractivity contribution is -0.114. The van der Waals surface area contributed by atoms with Crippen LogP contribution in [0, 0.1) is 13.8 Å². The molecule has 26 heavy (non-hydrogen) atoms. The molecule has 3 amide bonds. The summed E-state index contributed by atoms with van der Waals surface area (Å²) in [5, 5.41) is 7.20. The molecule has 0 radical (unpaired) electrons. The number of urea groups is 1. The fraction of sp³-hybridized carbons (Fsp3) is 0.333. The van der Waals surface area contributed by atoms with Gasteiger partial charge in [0.25, 0.3) is 0 Å². The average Bonchev–Trinajstić information content (AvgIpc) is 3.20. The number of amidine groups is 1. The molecule has 1 aromatic heterocycles. The van der Waals surface area contributed by atoms with Gasteiger partial charge in [-0.05, 0) is 26.0 Å². The second-order valence-corrected chi connectivity index (χ2v) is 6.46. The molecule has 0 atom stereocenters. The number of nitrogens with one attached hydrogen (secondary N) is 1. The average molecular weight is 352 g/mol. The zero-order valence-electron chi connectivity index (χ0n) is 15.0. The molecule has 1 aromatic carbocycles. The Morgan fingerprint density at radius 3 is 2.77 bits per heavy atom. The third-order valence-electron chi connectivity index (χ3n) is 4.81. The second kappa shape index (κ2) is 5.98. The van der Waals surface area contributed by atoms with E-state index >= 15 is 0 Å². The number of aryl methyl sites for hydroxylation is 2. The molecule has 0 bridgehead atoms. The van der Waals surface area contributed by atoms with Crippen LogP contribution in [-0.2, 0) is 11.8 Å². The van der Waals surface area contributed by atoms with Crippen LogP contribution in [-0.4, -0.2) is 52.1 Å². The summed E-state index contributed by atoms with van der Waals surface area (Å²) in [5.74, 6) is 0.438. The molecule has 1 N–H and O–H groups in total. The highest BCUT2D eigenvalue weighted by Gasteiger charge is 2.37. The van der Waals surface area contributed by atoms with E-state index in [9.17, 15) is 9.59 Å². The van der Waals surface area contributed by atoms with E-state index in [1.165, 1.54) is 4.90 Å². The minimum absolute atomic E-state index is 0.0621. The number of carbonyl (C=O) groups excluding carboxylic acids is 2. The number of rotatable bonds is 3. The predicted molar refractivity (Wildman–Crippen MR) is 98.6 cm³/mol. The van der Waals surface area contributed by atoms with Crippen molar-refractivity contribution in [3.05, 3.63) is 41.2 Å². The third kappa shape index (κ3) is 2.45. The van der Waals surface area contributed by atoms with Gasteiger partial charge in [-0.3, -0.25) is 24.3 Å². The van der Waals surface area contributed by atoms with E-state index < -0.39 is 0 Å². The smallest absolute Gasteiger partial charge is 0.321 e. The van der Waals surface area contributed by atoms with Gasteiger partial charge in [-0.15, -0.1) is 0 Å². The van der Waals surface area contributed by atoms with E-state index in [1.807, 2.05) is 45.2 Å². The number of benzene rings is 1. The minimum Gasteiger partial charge on any atom is -0.321 e. The summed E-state index contributed by atoms with van der Waals surface area (Å²) in [6.07, 6.45) is 0. The van der Waals surface area contributed by atoms with Crippen molar-refractivity contribution in [2.75, 3.05) is 29.9 Å². The van der Waals surface area contributed by atoms with Crippen molar-refractivity contribution in [1.82, 2.24) is 14.7 Å². The van der Waals surface area contributed by atoms with E-state index in [0.717, 1.165) is 17.0 Å². The SMILES string of the molecule is Cc1nn(C)c(C)c1NC(=O)CN1C(=O)N2CCN=C2c2ccccc21. The maximum atomic E-state index is 12.9. The van der Waals surface area contributed by atoms with Crippen LogP contribution in [0.5, 0.6) is 0 Å². The summed E-state index contributed by atoms with van der Waals surface area (Å²) < 4.78 is 1.72. The summed E-state index contributed by atoms with van der Waals surface area (Å²) in [6, 6.07) is 7.33. The standard InChI is InChI=1S/C18H20N6O2/c1-11-16(12(2)22(3)21-11)20-15(25)10-24-14-7-5-4-6-13(14)17-19-8-9-23(17)18(24)26/h4-7H,8-10H2,1-3H3,(H,20,25). The molecule has 0 spiro atoms. The first kappa shape index (κ1) is 16.3. The molecule has 8 heteroatoms. The topological polar surface area (TPSA) is 82.8 Å². The lowest BCUT2D eigenvalue weighted by atomic mass is 10.1. The number of fused-ring (bicyclic) bond motifs is 3. The Balaban J connectivity index is 1.61. The van der Waals surface area contributed by atoms with Gasteiger partial charge in [0.2, 0.25) is 5.91 Å². The van der Waals surface area contributed by atoms with Gasteiger partial charge in [-0.2, -0.15) is 5.10 Å². The number of aromatic nitrogens is 2. The van der Waals surface area contributed by atoms with Crippen molar-refractivity contribution in [1.29, 1.82) is 0 Å². The first-order valence-corrected chi connectivity index (χ1v) is 8.50. The Kier molecular flexibility index (Phi) is 3.75. The van der Waals surface area contributed by atoms with Crippen LogP contribution in [0.15, 0.2) is 29.3 Å². The van der Waals surface area contributed by atoms with Gasteiger partial charge in [-0.1, -0.05) is 12.1 Å². The highest BCUT2D eigenvalue weighted by molar-refractivity contribution is 6.21. The third-order valence-corrected chi connectivity index (χ3v) is 4.81. The fourth-order valence-electron chi connectivity index (χ4n) is 3.44. The number of amides is 3. The van der Waals surface area contributed by atoms with Gasteiger partial charge in [0, 0.05) is 19.2 Å². The summed E-state index contributed by atoms with van der Waals surface area (Å²) in [4.78, 5) is 33.1. The number of aliphatic imine (C=N–C) groups is 1. The number of hydrogen-bond acceptors (Lipinski definition) is 4. The number of para-hydroxylation sites is 1. The van der Waals surface area contributed by atoms with Crippen molar-refractivity contribution in [2.24, 2.45) is 12.0 Å². The number of anilines is 2. The maximum absolute atomic E-state index is 12.9. The predicted octanol–water partition coefficient (Wildman–Crippen LogP) is 1.68. The molecular weight excluding hydrogens is 332 g/mol. The molecule has 0 saturated carbocycles. The van der Waals surface area contributed by atoms with Crippen LogP contribution in [0.4, 0.5) is 16.2 Å². The van der Waals surface area contributed by atoms with Crippen molar-refractivity contribution in [3.63, 3.8) is 0 Å².